The molecule has 0 saturated carbocycles. The maximum atomic E-state index is 4.77. The van der Waals surface area contributed by atoms with Crippen LogP contribution in [0.4, 0.5) is 11.8 Å². The van der Waals surface area contributed by atoms with Crippen LogP contribution in [0.1, 0.15) is 38.0 Å². The highest BCUT2D eigenvalue weighted by atomic mass is 32.1. The lowest BCUT2D eigenvalue weighted by Crippen LogP contribution is -2.25. The number of aryl methyl sites for hydroxylation is 1. The summed E-state index contributed by atoms with van der Waals surface area (Å²) in [7, 11) is 1.89. The molecular weight excluding hydrogens is 280 g/mol. The summed E-state index contributed by atoms with van der Waals surface area (Å²) >= 11 is 1.79. The zero-order valence-electron chi connectivity index (χ0n) is 13.1. The average molecular weight is 304 g/mol. The largest absolute Gasteiger partial charge is 0.357 e. The molecule has 1 unspecified atom stereocenters. The van der Waals surface area contributed by atoms with Crippen LogP contribution in [0.5, 0.6) is 0 Å². The van der Waals surface area contributed by atoms with Crippen LogP contribution in [0.3, 0.4) is 0 Å². The topological polar surface area (TPSA) is 41.1 Å². The monoisotopic (exact) mass is 304 g/mol. The Kier molecular flexibility index (Phi) is 4.29. The van der Waals surface area contributed by atoms with E-state index >= 15 is 0 Å². The fraction of sp³-hybridized carbons (Fsp3) is 0.625. The molecule has 0 spiro atoms. The standard InChI is InChI=1S/C16H24N4S/c1-4-12-10-13-14(18-16(17-3)19-15(13)21-12)20-8-5-6-11(2)7-9-20/h10-11H,4-9H2,1-3H3,(H,17,18,19). The van der Waals surface area contributed by atoms with E-state index in [9.17, 15) is 0 Å². The third kappa shape index (κ3) is 2.98. The van der Waals surface area contributed by atoms with E-state index in [1.54, 1.807) is 11.3 Å². The second kappa shape index (κ2) is 6.18. The quantitative estimate of drug-likeness (QED) is 0.933. The van der Waals surface area contributed by atoms with E-state index in [-0.39, 0.29) is 0 Å². The summed E-state index contributed by atoms with van der Waals surface area (Å²) in [5.41, 5.74) is 0. The summed E-state index contributed by atoms with van der Waals surface area (Å²) in [6.45, 7) is 6.77. The van der Waals surface area contributed by atoms with E-state index in [2.05, 4.69) is 35.1 Å². The average Bonchev–Trinajstić information content (AvgIpc) is 2.80. The van der Waals surface area contributed by atoms with Crippen LogP contribution < -0.4 is 10.2 Å². The van der Waals surface area contributed by atoms with Crippen molar-refractivity contribution in [2.75, 3.05) is 30.4 Å². The molecule has 2 aromatic heterocycles. The Labute approximate surface area is 130 Å². The molecule has 0 aromatic carbocycles. The fourth-order valence-corrected chi connectivity index (χ4v) is 3.92. The molecule has 0 aliphatic carbocycles. The van der Waals surface area contributed by atoms with Gasteiger partial charge in [0.1, 0.15) is 10.6 Å². The molecule has 0 radical (unpaired) electrons. The van der Waals surface area contributed by atoms with Gasteiger partial charge in [0.15, 0.2) is 0 Å². The minimum absolute atomic E-state index is 0.735. The maximum absolute atomic E-state index is 4.77. The molecule has 1 atom stereocenters. The number of nitrogens with zero attached hydrogens (tertiary/aromatic N) is 3. The van der Waals surface area contributed by atoms with Gasteiger partial charge in [-0.1, -0.05) is 13.8 Å². The van der Waals surface area contributed by atoms with Gasteiger partial charge in [-0.05, 0) is 37.7 Å². The second-order valence-electron chi connectivity index (χ2n) is 5.93. The van der Waals surface area contributed by atoms with Gasteiger partial charge in [0.05, 0.1) is 5.39 Å². The lowest BCUT2D eigenvalue weighted by molar-refractivity contribution is 0.521. The SMILES string of the molecule is CCc1cc2c(N3CCCC(C)CC3)nc(NC)nc2s1. The van der Waals surface area contributed by atoms with Crippen LogP contribution in [-0.2, 0) is 6.42 Å². The molecule has 21 heavy (non-hydrogen) atoms. The Morgan fingerprint density at radius 1 is 1.33 bits per heavy atom. The first kappa shape index (κ1) is 14.6. The number of aromatic nitrogens is 2. The van der Waals surface area contributed by atoms with Gasteiger partial charge in [-0.15, -0.1) is 11.3 Å². The van der Waals surface area contributed by atoms with Gasteiger partial charge in [0, 0.05) is 25.0 Å². The van der Waals surface area contributed by atoms with Crippen LogP contribution in [0.25, 0.3) is 10.2 Å². The molecule has 2 aromatic rings. The number of hydrogen-bond acceptors (Lipinski definition) is 5. The minimum Gasteiger partial charge on any atom is -0.357 e. The number of fused-ring (bicyclic) bond motifs is 1. The van der Waals surface area contributed by atoms with Gasteiger partial charge in [0.25, 0.3) is 0 Å². The Hall–Kier alpha value is -1.36. The number of thiophene rings is 1. The lowest BCUT2D eigenvalue weighted by atomic mass is 10.0. The molecule has 1 saturated heterocycles. The molecule has 1 aliphatic heterocycles. The molecule has 0 amide bonds. The van der Waals surface area contributed by atoms with Gasteiger partial charge in [-0.3, -0.25) is 0 Å². The van der Waals surface area contributed by atoms with Gasteiger partial charge in [-0.2, -0.15) is 4.98 Å². The number of nitrogens with one attached hydrogen (secondary N) is 1. The Balaban J connectivity index is 2.04. The van der Waals surface area contributed by atoms with Crippen LogP contribution in [0.2, 0.25) is 0 Å². The second-order valence-corrected chi connectivity index (χ2v) is 7.04. The van der Waals surface area contributed by atoms with E-state index in [0.29, 0.717) is 0 Å². The molecule has 3 heterocycles. The molecular formula is C16H24N4S. The van der Waals surface area contributed by atoms with Crippen molar-refractivity contribution in [3.05, 3.63) is 10.9 Å². The summed E-state index contributed by atoms with van der Waals surface area (Å²) in [6, 6.07) is 2.28. The Morgan fingerprint density at radius 2 is 2.19 bits per heavy atom. The van der Waals surface area contributed by atoms with E-state index < -0.39 is 0 Å². The van der Waals surface area contributed by atoms with Crippen molar-refractivity contribution in [2.45, 2.75) is 39.5 Å². The van der Waals surface area contributed by atoms with Crippen molar-refractivity contribution in [2.24, 2.45) is 5.92 Å². The smallest absolute Gasteiger partial charge is 0.225 e. The summed E-state index contributed by atoms with van der Waals surface area (Å²) in [5.74, 6) is 2.68. The highest BCUT2D eigenvalue weighted by Gasteiger charge is 2.19. The maximum Gasteiger partial charge on any atom is 0.225 e. The van der Waals surface area contributed by atoms with Crippen molar-refractivity contribution in [3.63, 3.8) is 0 Å². The van der Waals surface area contributed by atoms with Crippen molar-refractivity contribution >= 4 is 33.3 Å². The highest BCUT2D eigenvalue weighted by molar-refractivity contribution is 7.18. The van der Waals surface area contributed by atoms with Gasteiger partial charge >= 0.3 is 0 Å². The normalized spacial score (nSPS) is 19.8. The zero-order valence-corrected chi connectivity index (χ0v) is 14.0. The lowest BCUT2D eigenvalue weighted by Gasteiger charge is -2.22. The van der Waals surface area contributed by atoms with Crippen molar-refractivity contribution in [1.29, 1.82) is 0 Å². The van der Waals surface area contributed by atoms with E-state index in [4.69, 9.17) is 4.98 Å². The van der Waals surface area contributed by atoms with Crippen molar-refractivity contribution in [1.82, 2.24) is 9.97 Å². The molecule has 1 N–H and O–H groups in total. The summed E-state index contributed by atoms with van der Waals surface area (Å²) in [5, 5.41) is 4.34. The predicted octanol–water partition coefficient (Wildman–Crippen LogP) is 3.92. The van der Waals surface area contributed by atoms with Crippen LogP contribution in [0.15, 0.2) is 6.07 Å². The third-order valence-corrected chi connectivity index (χ3v) is 5.49. The molecule has 114 valence electrons. The molecule has 0 bridgehead atoms. The fourth-order valence-electron chi connectivity index (χ4n) is 2.96. The third-order valence-electron chi connectivity index (χ3n) is 4.31. The first-order chi connectivity index (χ1) is 10.2. The first-order valence-corrected chi connectivity index (χ1v) is 8.76. The van der Waals surface area contributed by atoms with Crippen molar-refractivity contribution in [3.8, 4) is 0 Å². The van der Waals surface area contributed by atoms with Gasteiger partial charge in [-0.25, -0.2) is 4.98 Å². The Morgan fingerprint density at radius 3 is 2.95 bits per heavy atom. The summed E-state index contributed by atoms with van der Waals surface area (Å²) in [6.07, 6.45) is 4.90. The van der Waals surface area contributed by atoms with E-state index in [0.717, 1.165) is 42.0 Å². The molecule has 1 aliphatic rings. The number of anilines is 2. The first-order valence-electron chi connectivity index (χ1n) is 7.94. The van der Waals surface area contributed by atoms with Crippen LogP contribution in [0, 0.1) is 5.92 Å². The van der Waals surface area contributed by atoms with Gasteiger partial charge < -0.3 is 10.2 Å². The van der Waals surface area contributed by atoms with E-state index in [1.807, 2.05) is 7.05 Å². The highest BCUT2D eigenvalue weighted by Crippen LogP contribution is 2.33. The zero-order chi connectivity index (χ0) is 14.8. The van der Waals surface area contributed by atoms with Gasteiger partial charge in [0.2, 0.25) is 5.95 Å². The van der Waals surface area contributed by atoms with Crippen LogP contribution >= 0.6 is 11.3 Å². The molecule has 3 rings (SSSR count). The number of rotatable bonds is 3. The van der Waals surface area contributed by atoms with Crippen LogP contribution in [-0.4, -0.2) is 30.1 Å². The summed E-state index contributed by atoms with van der Waals surface area (Å²) in [4.78, 5) is 14.3. The molecule has 4 nitrogen and oxygen atoms in total. The summed E-state index contributed by atoms with van der Waals surface area (Å²) < 4.78 is 0. The van der Waals surface area contributed by atoms with Crippen molar-refractivity contribution < 1.29 is 0 Å². The molecule has 5 heteroatoms. The molecule has 1 fully saturated rings. The van der Waals surface area contributed by atoms with E-state index in [1.165, 1.54) is 29.5 Å². The predicted molar refractivity (Wildman–Crippen MR) is 91.6 cm³/mol. The Bertz CT molecular complexity index is 622. The minimum atomic E-state index is 0.735. The number of hydrogen-bond donors (Lipinski definition) is 1.